The second-order valence-electron chi connectivity index (χ2n) is 7.93. The van der Waals surface area contributed by atoms with Crippen LogP contribution in [0.25, 0.3) is 10.1 Å². The first-order chi connectivity index (χ1) is 14.7. The van der Waals surface area contributed by atoms with Crippen LogP contribution < -0.4 is 5.32 Å². The summed E-state index contributed by atoms with van der Waals surface area (Å²) in [6.07, 6.45) is 4.08. The van der Waals surface area contributed by atoms with Gasteiger partial charge in [0.25, 0.3) is 5.91 Å². The van der Waals surface area contributed by atoms with Gasteiger partial charge in [-0.2, -0.15) is 0 Å². The molecular formula is C23H24N4O2S. The zero-order valence-corrected chi connectivity index (χ0v) is 17.5. The highest BCUT2D eigenvalue weighted by Crippen LogP contribution is 2.26. The maximum Gasteiger partial charge on any atom is 0.255 e. The van der Waals surface area contributed by atoms with Crippen molar-refractivity contribution in [2.45, 2.75) is 31.8 Å². The van der Waals surface area contributed by atoms with Gasteiger partial charge in [-0.15, -0.1) is 11.3 Å². The highest BCUT2D eigenvalue weighted by atomic mass is 32.1. The van der Waals surface area contributed by atoms with Gasteiger partial charge in [-0.3, -0.25) is 9.59 Å². The summed E-state index contributed by atoms with van der Waals surface area (Å²) in [5, 5.41) is 6.79. The van der Waals surface area contributed by atoms with Crippen molar-refractivity contribution in [1.82, 2.24) is 14.8 Å². The maximum atomic E-state index is 12.9. The van der Waals surface area contributed by atoms with E-state index in [4.69, 9.17) is 0 Å². The average molecular weight is 421 g/mol. The molecule has 1 atom stereocenters. The molecule has 6 nitrogen and oxygen atoms in total. The Hall–Kier alpha value is -2.93. The summed E-state index contributed by atoms with van der Waals surface area (Å²) in [5.41, 5.74) is 1.84. The van der Waals surface area contributed by atoms with Crippen molar-refractivity contribution in [2.24, 2.45) is 0 Å². The molecule has 0 spiro atoms. The monoisotopic (exact) mass is 420 g/mol. The van der Waals surface area contributed by atoms with Crippen LogP contribution in [-0.2, 0) is 11.3 Å². The third kappa shape index (κ3) is 3.65. The SMILES string of the molecule is O=C(c1ccc(NCc2csc3ccccc23)nc1)N1CC[C@H](N2CCCC2=O)C1. The Morgan fingerprint density at radius 1 is 1.20 bits per heavy atom. The van der Waals surface area contributed by atoms with Gasteiger partial charge in [0.1, 0.15) is 5.82 Å². The molecule has 1 aromatic carbocycles. The lowest BCUT2D eigenvalue weighted by Crippen LogP contribution is -2.39. The van der Waals surface area contributed by atoms with Crippen LogP contribution in [0.2, 0.25) is 0 Å². The fourth-order valence-corrected chi connectivity index (χ4v) is 5.36. The molecule has 2 saturated heterocycles. The van der Waals surface area contributed by atoms with Gasteiger partial charge in [0.05, 0.1) is 11.6 Å². The molecule has 5 rings (SSSR count). The van der Waals surface area contributed by atoms with E-state index in [1.807, 2.05) is 21.9 Å². The molecule has 0 aliphatic carbocycles. The fourth-order valence-electron chi connectivity index (χ4n) is 4.40. The minimum atomic E-state index is -0.00738. The van der Waals surface area contributed by atoms with Crippen LogP contribution in [0.4, 0.5) is 5.82 Å². The summed E-state index contributed by atoms with van der Waals surface area (Å²) in [5.74, 6) is 0.973. The lowest BCUT2D eigenvalue weighted by Gasteiger charge is -2.24. The summed E-state index contributed by atoms with van der Waals surface area (Å²) in [6.45, 7) is 2.84. The highest BCUT2D eigenvalue weighted by Gasteiger charge is 2.35. The van der Waals surface area contributed by atoms with E-state index < -0.39 is 0 Å². The Labute approximate surface area is 179 Å². The summed E-state index contributed by atoms with van der Waals surface area (Å²) >= 11 is 1.74. The summed E-state index contributed by atoms with van der Waals surface area (Å²) in [4.78, 5) is 33.1. The van der Waals surface area contributed by atoms with E-state index in [2.05, 4.69) is 39.9 Å². The van der Waals surface area contributed by atoms with Crippen LogP contribution in [0, 0.1) is 0 Å². The Balaban J connectivity index is 1.19. The van der Waals surface area contributed by atoms with Crippen molar-refractivity contribution in [3.63, 3.8) is 0 Å². The Morgan fingerprint density at radius 2 is 2.10 bits per heavy atom. The number of carbonyl (C=O) groups is 2. The average Bonchev–Trinajstić information content (AvgIpc) is 3.51. The van der Waals surface area contributed by atoms with E-state index in [1.54, 1.807) is 17.5 Å². The predicted octanol–water partition coefficient (Wildman–Crippen LogP) is 3.75. The first-order valence-electron chi connectivity index (χ1n) is 10.4. The van der Waals surface area contributed by atoms with Crippen LogP contribution in [0.15, 0.2) is 48.0 Å². The molecule has 2 fully saturated rings. The number of fused-ring (bicyclic) bond motifs is 1. The van der Waals surface area contributed by atoms with Crippen molar-refractivity contribution >= 4 is 39.1 Å². The number of likely N-dealkylation sites (tertiary alicyclic amines) is 2. The third-order valence-corrected chi connectivity index (χ3v) is 7.05. The van der Waals surface area contributed by atoms with Crippen LogP contribution in [0.5, 0.6) is 0 Å². The quantitative estimate of drug-likeness (QED) is 0.683. The number of thiophene rings is 1. The fraction of sp³-hybridized carbons (Fsp3) is 0.348. The van der Waals surface area contributed by atoms with Crippen LogP contribution in [0.3, 0.4) is 0 Å². The molecule has 2 aromatic heterocycles. The molecule has 3 aromatic rings. The van der Waals surface area contributed by atoms with E-state index in [9.17, 15) is 9.59 Å². The van der Waals surface area contributed by atoms with Gasteiger partial charge < -0.3 is 15.1 Å². The summed E-state index contributed by atoms with van der Waals surface area (Å²) in [6, 6.07) is 12.2. The highest BCUT2D eigenvalue weighted by molar-refractivity contribution is 7.17. The van der Waals surface area contributed by atoms with Gasteiger partial charge >= 0.3 is 0 Å². The lowest BCUT2D eigenvalue weighted by atomic mass is 10.2. The topological polar surface area (TPSA) is 65.5 Å². The van der Waals surface area contributed by atoms with Crippen molar-refractivity contribution in [2.75, 3.05) is 25.0 Å². The number of aromatic nitrogens is 1. The second-order valence-corrected chi connectivity index (χ2v) is 8.84. The van der Waals surface area contributed by atoms with Crippen LogP contribution in [0.1, 0.15) is 35.2 Å². The smallest absolute Gasteiger partial charge is 0.255 e. The number of hydrogen-bond donors (Lipinski definition) is 1. The number of amides is 2. The van der Waals surface area contributed by atoms with Crippen LogP contribution >= 0.6 is 11.3 Å². The minimum absolute atomic E-state index is 0.00738. The van der Waals surface area contributed by atoms with Crippen molar-refractivity contribution in [3.05, 3.63) is 59.1 Å². The Kier molecular flexibility index (Phi) is 5.12. The minimum Gasteiger partial charge on any atom is -0.366 e. The van der Waals surface area contributed by atoms with E-state index >= 15 is 0 Å². The van der Waals surface area contributed by atoms with Gasteiger partial charge in [0.2, 0.25) is 5.91 Å². The largest absolute Gasteiger partial charge is 0.366 e. The number of benzene rings is 1. The molecule has 0 unspecified atom stereocenters. The molecule has 4 heterocycles. The predicted molar refractivity (Wildman–Crippen MR) is 119 cm³/mol. The molecule has 0 saturated carbocycles. The number of hydrogen-bond acceptors (Lipinski definition) is 5. The molecule has 2 aliphatic heterocycles. The lowest BCUT2D eigenvalue weighted by molar-refractivity contribution is -0.129. The number of nitrogens with zero attached hydrogens (tertiary/aromatic N) is 3. The zero-order chi connectivity index (χ0) is 20.5. The van der Waals surface area contributed by atoms with Gasteiger partial charge in [-0.1, -0.05) is 18.2 Å². The zero-order valence-electron chi connectivity index (χ0n) is 16.7. The van der Waals surface area contributed by atoms with Gasteiger partial charge in [0.15, 0.2) is 0 Å². The standard InChI is InChI=1S/C23H24N4O2S/c28-22-6-3-10-27(22)18-9-11-26(14-18)23(29)16-7-8-21(24-12-16)25-13-17-15-30-20-5-2-1-4-19(17)20/h1-2,4-5,7-8,12,15,18H,3,6,9-11,13-14H2,(H,24,25)/t18-/m0/s1. The molecule has 2 amide bonds. The van der Waals surface area contributed by atoms with E-state index in [1.165, 1.54) is 15.6 Å². The number of anilines is 1. The van der Waals surface area contributed by atoms with E-state index in [0.717, 1.165) is 25.2 Å². The van der Waals surface area contributed by atoms with Gasteiger partial charge in [0, 0.05) is 43.5 Å². The number of rotatable bonds is 5. The van der Waals surface area contributed by atoms with E-state index in [0.29, 0.717) is 31.6 Å². The molecular weight excluding hydrogens is 396 g/mol. The van der Waals surface area contributed by atoms with Gasteiger partial charge in [-0.05, 0) is 47.4 Å². The molecule has 0 bridgehead atoms. The normalized spacial score (nSPS) is 19.1. The molecule has 0 radical (unpaired) electrons. The molecule has 30 heavy (non-hydrogen) atoms. The Bertz CT molecular complexity index is 1080. The molecule has 154 valence electrons. The Morgan fingerprint density at radius 3 is 2.90 bits per heavy atom. The van der Waals surface area contributed by atoms with Crippen molar-refractivity contribution in [3.8, 4) is 0 Å². The molecule has 2 aliphatic rings. The van der Waals surface area contributed by atoms with Crippen molar-refractivity contribution < 1.29 is 9.59 Å². The summed E-state index contributed by atoms with van der Waals surface area (Å²) in [7, 11) is 0. The van der Waals surface area contributed by atoms with Crippen molar-refractivity contribution in [1.29, 1.82) is 0 Å². The number of pyridine rings is 1. The van der Waals surface area contributed by atoms with Gasteiger partial charge in [-0.25, -0.2) is 4.98 Å². The van der Waals surface area contributed by atoms with E-state index in [-0.39, 0.29) is 17.9 Å². The first kappa shape index (κ1) is 19.1. The first-order valence-corrected chi connectivity index (χ1v) is 11.3. The number of nitrogens with one attached hydrogen (secondary N) is 1. The molecule has 7 heteroatoms. The second kappa shape index (κ2) is 8.07. The molecule has 1 N–H and O–H groups in total. The maximum absolute atomic E-state index is 12.9. The third-order valence-electron chi connectivity index (χ3n) is 6.03. The van der Waals surface area contributed by atoms with Crippen LogP contribution in [-0.4, -0.2) is 52.3 Å². The number of carbonyl (C=O) groups excluding carboxylic acids is 2. The summed E-state index contributed by atoms with van der Waals surface area (Å²) < 4.78 is 1.28.